The van der Waals surface area contributed by atoms with E-state index in [9.17, 15) is 9.59 Å². The molecule has 2 rings (SSSR count). The molecule has 1 aliphatic carbocycles. The number of carbonyl (C=O) groups is 2. The van der Waals surface area contributed by atoms with E-state index in [-0.39, 0.29) is 18.0 Å². The highest BCUT2D eigenvalue weighted by atomic mass is 16.5. The number of carbonyl (C=O) groups excluding carboxylic acids is 2. The van der Waals surface area contributed by atoms with Crippen LogP contribution in [0.3, 0.4) is 0 Å². The van der Waals surface area contributed by atoms with Crippen molar-refractivity contribution in [3.05, 3.63) is 29.8 Å². The van der Waals surface area contributed by atoms with Gasteiger partial charge in [-0.15, -0.1) is 0 Å². The molecule has 1 aromatic carbocycles. The Morgan fingerprint density at radius 2 is 1.85 bits per heavy atom. The largest absolute Gasteiger partial charge is 0.494 e. The van der Waals surface area contributed by atoms with Gasteiger partial charge in [-0.1, -0.05) is 31.4 Å². The first-order chi connectivity index (χ1) is 12.5. The van der Waals surface area contributed by atoms with E-state index in [0.29, 0.717) is 13.2 Å². The molecule has 0 aromatic heterocycles. The molecule has 3 amide bonds. The van der Waals surface area contributed by atoms with Crippen LogP contribution in [-0.2, 0) is 11.3 Å². The molecule has 2 N–H and O–H groups in total. The second kappa shape index (κ2) is 10.2. The summed E-state index contributed by atoms with van der Waals surface area (Å²) in [5, 5.41) is 5.38. The Morgan fingerprint density at radius 1 is 1.19 bits per heavy atom. The third-order valence-corrected chi connectivity index (χ3v) is 4.88. The van der Waals surface area contributed by atoms with E-state index in [4.69, 9.17) is 4.74 Å². The number of nitrogens with one attached hydrogen (secondary N) is 2. The van der Waals surface area contributed by atoms with Gasteiger partial charge >= 0.3 is 6.03 Å². The fourth-order valence-corrected chi connectivity index (χ4v) is 3.17. The molecule has 144 valence electrons. The third-order valence-electron chi connectivity index (χ3n) is 4.88. The van der Waals surface area contributed by atoms with Crippen molar-refractivity contribution in [2.24, 2.45) is 0 Å². The van der Waals surface area contributed by atoms with Gasteiger partial charge in [-0.2, -0.15) is 0 Å². The zero-order valence-corrected chi connectivity index (χ0v) is 16.1. The molecule has 0 radical (unpaired) electrons. The third kappa shape index (κ3) is 6.33. The van der Waals surface area contributed by atoms with Gasteiger partial charge in [0.2, 0.25) is 5.91 Å². The first-order valence-corrected chi connectivity index (χ1v) is 9.53. The minimum Gasteiger partial charge on any atom is -0.494 e. The van der Waals surface area contributed by atoms with Gasteiger partial charge in [0.15, 0.2) is 0 Å². The van der Waals surface area contributed by atoms with Crippen LogP contribution in [0.4, 0.5) is 4.79 Å². The number of imide groups is 1. The van der Waals surface area contributed by atoms with Gasteiger partial charge in [0.1, 0.15) is 5.75 Å². The fraction of sp³-hybridized carbons (Fsp3) is 0.600. The highest BCUT2D eigenvalue weighted by Crippen LogP contribution is 2.17. The van der Waals surface area contributed by atoms with Gasteiger partial charge in [-0.25, -0.2) is 4.79 Å². The number of ether oxygens (including phenoxy) is 1. The van der Waals surface area contributed by atoms with Gasteiger partial charge in [-0.3, -0.25) is 15.0 Å². The summed E-state index contributed by atoms with van der Waals surface area (Å²) >= 11 is 0. The molecule has 1 atom stereocenters. The predicted molar refractivity (Wildman–Crippen MR) is 102 cm³/mol. The number of hydrogen-bond donors (Lipinski definition) is 2. The Balaban J connectivity index is 1.79. The van der Waals surface area contributed by atoms with Crippen molar-refractivity contribution in [3.8, 4) is 5.75 Å². The second-order valence-electron chi connectivity index (χ2n) is 6.97. The minimum atomic E-state index is -0.404. The van der Waals surface area contributed by atoms with Crippen LogP contribution in [-0.4, -0.2) is 42.6 Å². The topological polar surface area (TPSA) is 70.7 Å². The summed E-state index contributed by atoms with van der Waals surface area (Å²) in [5.74, 6) is 0.552. The summed E-state index contributed by atoms with van der Waals surface area (Å²) in [7, 11) is 1.87. The SMILES string of the molecule is CCOc1ccc(CN(C)C(C)C(=O)NC(=O)NC2CCCCC2)cc1. The summed E-state index contributed by atoms with van der Waals surface area (Å²) in [6.07, 6.45) is 5.50. The van der Waals surface area contributed by atoms with Crippen LogP contribution < -0.4 is 15.4 Å². The zero-order valence-electron chi connectivity index (χ0n) is 16.1. The first kappa shape index (κ1) is 20.2. The van der Waals surface area contributed by atoms with E-state index in [1.54, 1.807) is 6.92 Å². The maximum Gasteiger partial charge on any atom is 0.321 e. The monoisotopic (exact) mass is 361 g/mol. The number of nitrogens with zero attached hydrogens (tertiary/aromatic N) is 1. The lowest BCUT2D eigenvalue weighted by molar-refractivity contribution is -0.124. The average Bonchev–Trinajstić information content (AvgIpc) is 2.63. The highest BCUT2D eigenvalue weighted by molar-refractivity contribution is 5.96. The first-order valence-electron chi connectivity index (χ1n) is 9.53. The average molecular weight is 361 g/mol. The Hall–Kier alpha value is -2.08. The number of rotatable bonds is 7. The minimum absolute atomic E-state index is 0.188. The van der Waals surface area contributed by atoms with E-state index in [1.807, 2.05) is 43.1 Å². The van der Waals surface area contributed by atoms with E-state index in [0.717, 1.165) is 37.0 Å². The lowest BCUT2D eigenvalue weighted by Crippen LogP contribution is -2.50. The number of amides is 3. The van der Waals surface area contributed by atoms with Crippen LogP contribution >= 0.6 is 0 Å². The lowest BCUT2D eigenvalue weighted by Gasteiger charge is -2.25. The highest BCUT2D eigenvalue weighted by Gasteiger charge is 2.22. The number of benzene rings is 1. The van der Waals surface area contributed by atoms with Gasteiger partial charge < -0.3 is 10.1 Å². The standard InChI is InChI=1S/C20H31N3O3/c1-4-26-18-12-10-16(11-13-18)14-23(3)15(2)19(24)22-20(25)21-17-8-6-5-7-9-17/h10-13,15,17H,4-9,14H2,1-3H3,(H2,21,22,24,25). The van der Waals surface area contributed by atoms with Crippen LogP contribution in [0.2, 0.25) is 0 Å². The van der Waals surface area contributed by atoms with Crippen molar-refractivity contribution >= 4 is 11.9 Å². The summed E-state index contributed by atoms with van der Waals surface area (Å²) < 4.78 is 5.44. The Morgan fingerprint density at radius 3 is 2.46 bits per heavy atom. The van der Waals surface area contributed by atoms with Gasteiger partial charge in [0, 0.05) is 12.6 Å². The second-order valence-corrected chi connectivity index (χ2v) is 6.97. The fourth-order valence-electron chi connectivity index (χ4n) is 3.17. The normalized spacial score (nSPS) is 16.2. The molecule has 6 heteroatoms. The van der Waals surface area contributed by atoms with Gasteiger partial charge in [-0.05, 0) is 51.4 Å². The molecule has 1 aromatic rings. The van der Waals surface area contributed by atoms with Crippen molar-refractivity contribution < 1.29 is 14.3 Å². The van der Waals surface area contributed by atoms with E-state index in [1.165, 1.54) is 6.42 Å². The van der Waals surface area contributed by atoms with Crippen molar-refractivity contribution in [2.75, 3.05) is 13.7 Å². The van der Waals surface area contributed by atoms with Crippen molar-refractivity contribution in [1.82, 2.24) is 15.5 Å². The predicted octanol–water partition coefficient (Wildman–Crippen LogP) is 3.06. The quantitative estimate of drug-likeness (QED) is 0.783. The summed E-state index contributed by atoms with van der Waals surface area (Å²) in [4.78, 5) is 26.3. The molecule has 0 bridgehead atoms. The summed E-state index contributed by atoms with van der Waals surface area (Å²) in [6, 6.07) is 7.23. The van der Waals surface area contributed by atoms with Crippen molar-refractivity contribution in [3.63, 3.8) is 0 Å². The van der Waals surface area contributed by atoms with Gasteiger partial charge in [0.25, 0.3) is 0 Å². The molecule has 0 heterocycles. The maximum absolute atomic E-state index is 12.3. The molecule has 1 aliphatic rings. The molecule has 6 nitrogen and oxygen atoms in total. The molecule has 0 aliphatic heterocycles. The molecular weight excluding hydrogens is 330 g/mol. The van der Waals surface area contributed by atoms with Crippen LogP contribution in [0.25, 0.3) is 0 Å². The smallest absolute Gasteiger partial charge is 0.321 e. The molecule has 0 saturated heterocycles. The molecule has 1 unspecified atom stereocenters. The molecular formula is C20H31N3O3. The summed E-state index contributed by atoms with van der Waals surface area (Å²) in [5.41, 5.74) is 1.09. The number of likely N-dealkylation sites (N-methyl/N-ethyl adjacent to an activating group) is 1. The maximum atomic E-state index is 12.3. The van der Waals surface area contributed by atoms with Crippen molar-refractivity contribution in [1.29, 1.82) is 0 Å². The van der Waals surface area contributed by atoms with E-state index < -0.39 is 6.04 Å². The van der Waals surface area contributed by atoms with E-state index >= 15 is 0 Å². The Labute approximate surface area is 156 Å². The molecule has 1 fully saturated rings. The Bertz CT molecular complexity index is 582. The van der Waals surface area contributed by atoms with Gasteiger partial charge in [0.05, 0.1) is 12.6 Å². The van der Waals surface area contributed by atoms with Crippen molar-refractivity contribution in [2.45, 2.75) is 64.6 Å². The lowest BCUT2D eigenvalue weighted by atomic mass is 9.96. The number of urea groups is 1. The molecule has 26 heavy (non-hydrogen) atoms. The van der Waals surface area contributed by atoms with Crippen LogP contribution in [0.1, 0.15) is 51.5 Å². The Kier molecular flexibility index (Phi) is 7.91. The number of hydrogen-bond acceptors (Lipinski definition) is 4. The summed E-state index contributed by atoms with van der Waals surface area (Å²) in [6.45, 7) is 5.01. The van der Waals surface area contributed by atoms with Crippen LogP contribution in [0.5, 0.6) is 5.75 Å². The van der Waals surface area contributed by atoms with Crippen LogP contribution in [0, 0.1) is 0 Å². The zero-order chi connectivity index (χ0) is 18.9. The molecule has 1 saturated carbocycles. The molecule has 0 spiro atoms. The van der Waals surface area contributed by atoms with Crippen LogP contribution in [0.15, 0.2) is 24.3 Å². The van der Waals surface area contributed by atoms with E-state index in [2.05, 4.69) is 10.6 Å².